The molecule has 2 unspecified atom stereocenters. The minimum absolute atomic E-state index is 0.189. The molecule has 8 N–H and O–H groups in total. The molecule has 0 aromatic carbocycles. The molecule has 0 aromatic rings. The summed E-state index contributed by atoms with van der Waals surface area (Å²) >= 11 is 0. The monoisotopic (exact) mass is 402 g/mol. The third-order valence-corrected chi connectivity index (χ3v) is 4.20. The van der Waals surface area contributed by atoms with Crippen LogP contribution in [0.4, 0.5) is 26.3 Å². The van der Waals surface area contributed by atoms with Crippen LogP contribution in [0.2, 0.25) is 0 Å². The molecule has 0 saturated carbocycles. The molecule has 152 valence electrons. The van der Waals surface area contributed by atoms with E-state index in [1.54, 1.807) is 0 Å². The van der Waals surface area contributed by atoms with Gasteiger partial charge in [-0.3, -0.25) is 11.5 Å². The molecule has 12 heteroatoms. The standard InChI is InChI=1S/C15H16F6N2O4/c16-14(17,18)13(15(19,20)21,7-1-9(24)5-11(22,26)3-7)8-2-10(25)6-12(23,27)4-8/h1-2,5-6,24-27H,3-4,22-23H2. The Hall–Kier alpha value is -2.02. The summed E-state index contributed by atoms with van der Waals surface area (Å²) in [6.45, 7) is 0. The highest BCUT2D eigenvalue weighted by Gasteiger charge is 2.74. The second kappa shape index (κ2) is 5.99. The van der Waals surface area contributed by atoms with Gasteiger partial charge >= 0.3 is 12.4 Å². The van der Waals surface area contributed by atoms with Crippen molar-refractivity contribution in [1.29, 1.82) is 0 Å². The molecule has 0 aliphatic heterocycles. The van der Waals surface area contributed by atoms with Gasteiger partial charge < -0.3 is 20.4 Å². The minimum Gasteiger partial charge on any atom is -0.508 e. The lowest BCUT2D eigenvalue weighted by Gasteiger charge is -2.45. The first-order valence-corrected chi connectivity index (χ1v) is 7.33. The van der Waals surface area contributed by atoms with E-state index in [9.17, 15) is 46.8 Å². The molecule has 2 aliphatic rings. The quantitative estimate of drug-likeness (QED) is 0.309. The summed E-state index contributed by atoms with van der Waals surface area (Å²) < 4.78 is 83.7. The maximum Gasteiger partial charge on any atom is 0.410 e. The van der Waals surface area contributed by atoms with Crippen molar-refractivity contribution in [3.63, 3.8) is 0 Å². The van der Waals surface area contributed by atoms with Gasteiger partial charge in [-0.05, 0) is 23.3 Å². The van der Waals surface area contributed by atoms with E-state index >= 15 is 0 Å². The molecule has 0 fully saturated rings. The largest absolute Gasteiger partial charge is 0.508 e. The Morgan fingerprint density at radius 2 is 1.04 bits per heavy atom. The van der Waals surface area contributed by atoms with Crippen LogP contribution in [-0.2, 0) is 0 Å². The molecular formula is C15H16F6N2O4. The number of alkyl halides is 6. The number of allylic oxidation sites excluding steroid dienone is 2. The second-order valence-electron chi connectivity index (χ2n) is 6.56. The van der Waals surface area contributed by atoms with Gasteiger partial charge in [-0.1, -0.05) is 0 Å². The van der Waals surface area contributed by atoms with Gasteiger partial charge in [-0.15, -0.1) is 0 Å². The first-order valence-electron chi connectivity index (χ1n) is 7.33. The zero-order valence-electron chi connectivity index (χ0n) is 13.4. The molecule has 27 heavy (non-hydrogen) atoms. The molecule has 0 saturated heterocycles. The van der Waals surface area contributed by atoms with Crippen LogP contribution in [-0.4, -0.2) is 44.2 Å². The Balaban J connectivity index is 2.87. The molecule has 2 atom stereocenters. The van der Waals surface area contributed by atoms with Gasteiger partial charge in [0.1, 0.15) is 23.0 Å². The van der Waals surface area contributed by atoms with Crippen molar-refractivity contribution in [2.45, 2.75) is 36.6 Å². The molecule has 0 amide bonds. The third kappa shape index (κ3) is 3.70. The SMILES string of the molecule is NC1(O)C=C(O)C=C(C(C2=CC(O)=CC(N)(O)C2)(C(F)(F)F)C(F)(F)F)C1. The van der Waals surface area contributed by atoms with Crippen LogP contribution >= 0.6 is 0 Å². The Kier molecular flexibility index (Phi) is 4.72. The Bertz CT molecular complexity index is 695. The average molecular weight is 402 g/mol. The van der Waals surface area contributed by atoms with Crippen LogP contribution < -0.4 is 11.5 Å². The highest BCUT2D eigenvalue weighted by atomic mass is 19.4. The topological polar surface area (TPSA) is 133 Å². The first kappa shape index (κ1) is 21.3. The fourth-order valence-corrected chi connectivity index (χ4v) is 3.34. The van der Waals surface area contributed by atoms with Crippen molar-refractivity contribution < 1.29 is 46.8 Å². The van der Waals surface area contributed by atoms with Crippen LogP contribution in [0.25, 0.3) is 0 Å². The fourth-order valence-electron chi connectivity index (χ4n) is 3.34. The Morgan fingerprint density at radius 1 is 0.741 bits per heavy atom. The summed E-state index contributed by atoms with van der Waals surface area (Å²) in [6, 6.07) is 0. The predicted molar refractivity (Wildman–Crippen MR) is 79.6 cm³/mol. The number of hydrogen-bond donors (Lipinski definition) is 6. The molecule has 2 rings (SSSR count). The van der Waals surface area contributed by atoms with E-state index in [0.29, 0.717) is 12.2 Å². The predicted octanol–water partition coefficient (Wildman–Crippen LogP) is 1.94. The van der Waals surface area contributed by atoms with E-state index < -0.39 is 64.7 Å². The van der Waals surface area contributed by atoms with Crippen molar-refractivity contribution >= 4 is 0 Å². The smallest absolute Gasteiger partial charge is 0.410 e. The molecule has 0 heterocycles. The minimum atomic E-state index is -6.05. The molecule has 6 nitrogen and oxygen atoms in total. The van der Waals surface area contributed by atoms with Crippen molar-refractivity contribution in [2.75, 3.05) is 0 Å². The van der Waals surface area contributed by atoms with Gasteiger partial charge in [0.05, 0.1) is 0 Å². The molecular weight excluding hydrogens is 386 g/mol. The summed E-state index contributed by atoms with van der Waals surface area (Å²) in [7, 11) is 0. The molecule has 0 radical (unpaired) electrons. The molecule has 0 aromatic heterocycles. The van der Waals surface area contributed by atoms with Crippen molar-refractivity contribution in [1.82, 2.24) is 0 Å². The second-order valence-corrected chi connectivity index (χ2v) is 6.56. The summed E-state index contributed by atoms with van der Waals surface area (Å²) in [5, 5.41) is 38.6. The van der Waals surface area contributed by atoms with Gasteiger partial charge in [0.25, 0.3) is 0 Å². The molecule has 2 aliphatic carbocycles. The fraction of sp³-hybridized carbons (Fsp3) is 0.467. The lowest BCUT2D eigenvalue weighted by atomic mass is 9.65. The maximum atomic E-state index is 13.9. The summed E-state index contributed by atoms with van der Waals surface area (Å²) in [6.07, 6.45) is -13.4. The highest BCUT2D eigenvalue weighted by molar-refractivity contribution is 5.46. The summed E-state index contributed by atoms with van der Waals surface area (Å²) in [4.78, 5) is 0. The maximum absolute atomic E-state index is 13.9. The van der Waals surface area contributed by atoms with E-state index in [1.165, 1.54) is 0 Å². The average Bonchev–Trinajstić information content (AvgIpc) is 2.29. The van der Waals surface area contributed by atoms with Crippen LogP contribution in [0.15, 0.2) is 47.0 Å². The van der Waals surface area contributed by atoms with E-state index in [4.69, 9.17) is 11.5 Å². The number of nitrogens with two attached hydrogens (primary N) is 2. The van der Waals surface area contributed by atoms with E-state index in [-0.39, 0.29) is 12.2 Å². The molecule has 0 spiro atoms. The zero-order valence-corrected chi connectivity index (χ0v) is 13.4. The number of rotatable bonds is 2. The highest BCUT2D eigenvalue weighted by Crippen LogP contribution is 2.62. The summed E-state index contributed by atoms with van der Waals surface area (Å²) in [5.74, 6) is -2.23. The lowest BCUT2D eigenvalue weighted by Crippen LogP contribution is -2.57. The lowest BCUT2D eigenvalue weighted by molar-refractivity contribution is -0.313. The van der Waals surface area contributed by atoms with E-state index in [0.717, 1.165) is 0 Å². The Labute approximate surface area is 148 Å². The van der Waals surface area contributed by atoms with Gasteiger partial charge in [0, 0.05) is 25.0 Å². The van der Waals surface area contributed by atoms with Crippen LogP contribution in [0.1, 0.15) is 12.8 Å². The number of aliphatic hydroxyl groups excluding tert-OH is 2. The third-order valence-electron chi connectivity index (χ3n) is 4.20. The van der Waals surface area contributed by atoms with Crippen LogP contribution in [0, 0.1) is 5.41 Å². The van der Waals surface area contributed by atoms with Crippen LogP contribution in [0.3, 0.4) is 0 Å². The first-order chi connectivity index (χ1) is 11.9. The van der Waals surface area contributed by atoms with Crippen molar-refractivity contribution in [3.8, 4) is 0 Å². The summed E-state index contributed by atoms with van der Waals surface area (Å²) in [5.41, 5.74) is -2.72. The van der Waals surface area contributed by atoms with Gasteiger partial charge in [-0.2, -0.15) is 26.3 Å². The van der Waals surface area contributed by atoms with Crippen molar-refractivity contribution in [3.05, 3.63) is 47.0 Å². The van der Waals surface area contributed by atoms with E-state index in [2.05, 4.69) is 0 Å². The van der Waals surface area contributed by atoms with Gasteiger partial charge in [0.15, 0.2) is 0 Å². The van der Waals surface area contributed by atoms with E-state index in [1.807, 2.05) is 0 Å². The van der Waals surface area contributed by atoms with Gasteiger partial charge in [0.2, 0.25) is 5.41 Å². The number of aliphatic hydroxyl groups is 4. The van der Waals surface area contributed by atoms with Crippen molar-refractivity contribution in [2.24, 2.45) is 16.9 Å². The zero-order chi connectivity index (χ0) is 21.1. The van der Waals surface area contributed by atoms with Gasteiger partial charge in [-0.25, -0.2) is 0 Å². The number of halogens is 6. The van der Waals surface area contributed by atoms with Crippen LogP contribution in [0.5, 0.6) is 0 Å². The Morgan fingerprint density at radius 3 is 1.26 bits per heavy atom. The normalized spacial score (nSPS) is 30.3. The molecule has 0 bridgehead atoms. The number of hydrogen-bond acceptors (Lipinski definition) is 6.